The maximum Gasteiger partial charge on any atom is 0.335 e. The number of nitrogens with one attached hydrogen (secondary N) is 3. The highest BCUT2D eigenvalue weighted by molar-refractivity contribution is 5.98. The van der Waals surface area contributed by atoms with Gasteiger partial charge >= 0.3 is 5.97 Å². The van der Waals surface area contributed by atoms with E-state index in [0.29, 0.717) is 135 Å². The van der Waals surface area contributed by atoms with Crippen LogP contribution in [0.2, 0.25) is 0 Å². The van der Waals surface area contributed by atoms with E-state index < -0.39 is 54.3 Å². The number of methoxy groups -OCH3 is 2. The number of nitrogens with zero attached hydrogens (tertiary/aromatic N) is 6. The monoisotopic (exact) mass is 1640 g/mol. The summed E-state index contributed by atoms with van der Waals surface area (Å²) in [5.74, 6) is 1.09. The molecule has 119 heavy (non-hydrogen) atoms. The van der Waals surface area contributed by atoms with Crippen molar-refractivity contribution < 1.29 is 73.3 Å². The van der Waals surface area contributed by atoms with Crippen LogP contribution in [0.25, 0.3) is 22.3 Å². The van der Waals surface area contributed by atoms with E-state index in [9.17, 15) is 44.7 Å². The van der Waals surface area contributed by atoms with Gasteiger partial charge in [0.15, 0.2) is 0 Å². The number of nitrogens with two attached hydrogens (primary N) is 1. The number of benzene rings is 6. The second-order valence-corrected chi connectivity index (χ2v) is 36.3. The fourth-order valence-electron chi connectivity index (χ4n) is 20.7. The summed E-state index contributed by atoms with van der Waals surface area (Å²) in [6, 6.07) is 41.8. The highest BCUT2D eigenvalue weighted by atomic mass is 16.7. The van der Waals surface area contributed by atoms with Crippen LogP contribution in [0.3, 0.4) is 0 Å². The predicted molar refractivity (Wildman–Crippen MR) is 462 cm³/mol. The lowest BCUT2D eigenvalue weighted by Crippen LogP contribution is -2.62. The summed E-state index contributed by atoms with van der Waals surface area (Å²) in [6.45, 7) is 23.3. The first-order valence-electron chi connectivity index (χ1n) is 42.9. The number of ether oxygens (including phenoxy) is 4. The van der Waals surface area contributed by atoms with Gasteiger partial charge in [-0.3, -0.25) is 24.1 Å². The molecule has 10 N–H and O–H groups in total. The number of aliphatic hydroxyl groups is 4. The van der Waals surface area contributed by atoms with Crippen molar-refractivity contribution in [3.05, 3.63) is 167 Å². The molecule has 16 rings (SSSR count). The number of fused-ring (bicyclic) bond motifs is 4. The molecule has 6 aliphatic carbocycles. The minimum Gasteiger partial charge on any atom is -0.496 e. The first kappa shape index (κ1) is 90.1. The summed E-state index contributed by atoms with van der Waals surface area (Å²) in [4.78, 5) is 76.0. The Morgan fingerprint density at radius 1 is 0.555 bits per heavy atom. The van der Waals surface area contributed by atoms with Crippen molar-refractivity contribution in [2.24, 2.45) is 63.9 Å². The molecule has 6 aromatic carbocycles. The number of carbonyl (C=O) groups excluding carboxylic acids is 3. The number of carboxylic acid groups (broad SMARTS) is 1. The lowest BCUT2D eigenvalue weighted by molar-refractivity contribution is -0.183. The predicted octanol–water partition coefficient (Wildman–Crippen LogP) is 9.44. The molecule has 648 valence electrons. The number of likely N-dealkylation sites (N-methyl/N-ethyl adjacent to an activating group) is 2. The van der Waals surface area contributed by atoms with Gasteiger partial charge in [-0.05, 0) is 186 Å². The molecule has 0 radical (unpaired) electrons. The van der Waals surface area contributed by atoms with Crippen LogP contribution in [0.4, 0.5) is 11.4 Å². The van der Waals surface area contributed by atoms with E-state index in [1.807, 2.05) is 107 Å². The van der Waals surface area contributed by atoms with Crippen molar-refractivity contribution in [2.45, 2.75) is 168 Å². The Labute approximate surface area is 704 Å². The molecule has 10 fully saturated rings. The van der Waals surface area contributed by atoms with Crippen LogP contribution in [-0.2, 0) is 54.7 Å². The third kappa shape index (κ3) is 20.8. The van der Waals surface area contributed by atoms with Crippen molar-refractivity contribution >= 4 is 35.1 Å². The van der Waals surface area contributed by atoms with Gasteiger partial charge in [0, 0.05) is 114 Å². The summed E-state index contributed by atoms with van der Waals surface area (Å²) < 4.78 is 23.3. The molecular weight excluding hydrogens is 1510 g/mol. The van der Waals surface area contributed by atoms with Crippen molar-refractivity contribution in [1.82, 2.24) is 35.9 Å². The van der Waals surface area contributed by atoms with E-state index in [4.69, 9.17) is 34.4 Å². The molecule has 25 heteroatoms. The van der Waals surface area contributed by atoms with E-state index in [0.717, 1.165) is 59.4 Å². The van der Waals surface area contributed by atoms with Gasteiger partial charge in [0.25, 0.3) is 5.91 Å². The molecule has 6 saturated carbocycles. The molecule has 0 aromatic heterocycles. The lowest BCUT2D eigenvalue weighted by Gasteiger charge is -2.62. The van der Waals surface area contributed by atoms with Crippen molar-refractivity contribution in [3.8, 4) is 33.8 Å². The molecule has 3 amide bonds. The molecule has 4 saturated heterocycles. The first-order valence-corrected chi connectivity index (χ1v) is 42.9. The number of hydroxylamine groups is 4. The van der Waals surface area contributed by atoms with E-state index in [-0.39, 0.29) is 84.6 Å². The third-order valence-corrected chi connectivity index (χ3v) is 27.3. The summed E-state index contributed by atoms with van der Waals surface area (Å²) >= 11 is 0. The molecule has 18 atom stereocenters. The third-order valence-electron chi connectivity index (χ3n) is 27.3. The Balaban J connectivity index is 0.000000193. The number of hydrogen-bond donors (Lipinski definition) is 9. The minimum absolute atomic E-state index is 0.0310. The molecule has 0 unspecified atom stereocenters. The van der Waals surface area contributed by atoms with Gasteiger partial charge < -0.3 is 85.8 Å². The fraction of sp³-hybridized carbons (Fsp3) is 0.574. The summed E-state index contributed by atoms with van der Waals surface area (Å²) in [5.41, 5.74) is 15.9. The van der Waals surface area contributed by atoms with Crippen molar-refractivity contribution in [3.63, 3.8) is 0 Å². The van der Waals surface area contributed by atoms with Crippen LogP contribution in [-0.4, -0.2) is 251 Å². The second kappa shape index (κ2) is 39.8. The standard InChI is InChI=1S/C47H65N5O7.C36H49N3O8.C11H18N2/c1-29-39-24-35(47(39,3)4)25-40(29)49-46(56)43-42(30(2)54)41(28-53)59-52(43)26-32-14-11-15-38(44(32)57-7)33-21-34(23-37(22-33)51-16-18-58-19-17-51)45(55)48-36(27-50(5)6)20-31-12-9-8-10-13-31;1-20-28-16-25(36(28,3)4)17-29(20)37-34(42)32-31(21(2)41)30(19-40)47-39(32)18-22-7-6-8-27(33(22)45-5)23-13-24(35(43)44)15-26(14-23)38-9-11-46-12-10-38;1-13(2)9-11(12)8-10-6-4-3-5-7-10/h8-15,21-23,29-30,35-36,39-43,53-54H,16-20,24-28H2,1-7H3,(H,48,55)(H,49,56);6-8,13-15,20-21,25,28-32,40-41H,9-12,16-19H2,1-5H3,(H,37,42)(H,43,44);3-7,11H,8-9,12H2,1-2H3/t29-,30-,35+,36-,39-,40-,41-,42+,43-;20-,21-,25+,28-,29-,30-,31+,32-;11-/m000/s1. The number of morpholine rings is 2. The molecule has 6 aromatic rings. The number of amides is 3. The van der Waals surface area contributed by atoms with Crippen LogP contribution in [0, 0.1) is 58.2 Å². The zero-order valence-corrected chi connectivity index (χ0v) is 72.3. The number of carbonyl (C=O) groups is 4. The molecule has 4 aliphatic heterocycles. The van der Waals surface area contributed by atoms with Crippen LogP contribution in [0.1, 0.15) is 124 Å². The average Bonchev–Trinajstić information content (AvgIpc) is 1.40. The van der Waals surface area contributed by atoms with E-state index >= 15 is 0 Å². The second-order valence-electron chi connectivity index (χ2n) is 36.3. The Kier molecular flexibility index (Phi) is 30.2. The number of anilines is 2. The van der Waals surface area contributed by atoms with Gasteiger partial charge in [0.05, 0.1) is 84.7 Å². The summed E-state index contributed by atoms with van der Waals surface area (Å²) in [6.07, 6.45) is 2.55. The molecule has 25 nitrogen and oxygen atoms in total. The van der Waals surface area contributed by atoms with E-state index in [1.165, 1.54) is 18.4 Å². The summed E-state index contributed by atoms with van der Waals surface area (Å²) in [7, 11) is 11.3. The van der Waals surface area contributed by atoms with Crippen LogP contribution in [0.15, 0.2) is 133 Å². The van der Waals surface area contributed by atoms with Crippen LogP contribution >= 0.6 is 0 Å². The van der Waals surface area contributed by atoms with Gasteiger partial charge in [0.1, 0.15) is 35.8 Å². The number of aromatic carboxylic acids is 1. The SMILES string of the molecule is CN(C)C[C@@H](N)Cc1ccccc1.COc1c(CN2O[C@@H](CO)[C@@H]([C@H](C)O)[C@H]2C(=O)N[C@H]2C[C@H]3C[C@@H]([C@@H]2C)C3(C)C)cccc1-c1cc(C(=O)N[C@@H](Cc2ccccc2)CN(C)C)cc(N2CCOCC2)c1.COc1c(CN2O[C@@H](CO)[C@@H]([C@H](C)O)[C@H]2C(=O)N[C@H]2C[C@H]3C[C@@H]([C@@H]2C)C3(C)C)cccc1-c1cc(C(=O)O)cc(N2CCOCC2)c1. The van der Waals surface area contributed by atoms with Gasteiger partial charge in [-0.2, -0.15) is 10.1 Å². The van der Waals surface area contributed by atoms with E-state index in [2.05, 4.69) is 120 Å². The topological polar surface area (TPSA) is 306 Å². The molecule has 4 bridgehead atoms. The van der Waals surface area contributed by atoms with Crippen molar-refractivity contribution in [2.75, 3.05) is 131 Å². The van der Waals surface area contributed by atoms with Crippen molar-refractivity contribution in [1.29, 1.82) is 0 Å². The molecule has 10 aliphatic rings. The Bertz CT molecular complexity index is 4370. The fourth-order valence-corrected chi connectivity index (χ4v) is 20.7. The normalized spacial score (nSPS) is 27.2. The number of carboxylic acids is 1. The Morgan fingerprint density at radius 2 is 0.966 bits per heavy atom. The van der Waals surface area contributed by atoms with Gasteiger partial charge in [-0.15, -0.1) is 0 Å². The number of hydrogen-bond acceptors (Lipinski definition) is 21. The van der Waals surface area contributed by atoms with Gasteiger partial charge in [-0.25, -0.2) is 4.79 Å². The van der Waals surface area contributed by atoms with Gasteiger partial charge in [-0.1, -0.05) is 139 Å². The van der Waals surface area contributed by atoms with E-state index in [1.54, 1.807) is 50.3 Å². The average molecular weight is 1640 g/mol. The first-order chi connectivity index (χ1) is 56.9. The smallest absolute Gasteiger partial charge is 0.335 e. The molecule has 4 heterocycles. The van der Waals surface area contributed by atoms with Gasteiger partial charge in [0.2, 0.25) is 11.8 Å². The largest absolute Gasteiger partial charge is 0.496 e. The zero-order valence-electron chi connectivity index (χ0n) is 72.3. The van der Waals surface area contributed by atoms with Crippen LogP contribution < -0.4 is 41.0 Å². The minimum atomic E-state index is -1.02. The molecule has 0 spiro atoms. The zero-order chi connectivity index (χ0) is 85.3. The number of para-hydroxylation sites is 2. The number of aliphatic hydroxyl groups excluding tert-OH is 4. The Hall–Kier alpha value is -8.12. The quantitative estimate of drug-likeness (QED) is 0.0211. The maximum absolute atomic E-state index is 14.4. The summed E-state index contributed by atoms with van der Waals surface area (Å²) in [5, 5.41) is 65.7. The number of rotatable bonds is 29. The van der Waals surface area contributed by atoms with Crippen LogP contribution in [0.5, 0.6) is 11.5 Å². The Morgan fingerprint density at radius 3 is 1.34 bits per heavy atom. The molecular formula is C94H132N10O15. The highest BCUT2D eigenvalue weighted by Crippen LogP contribution is 2.62. The highest BCUT2D eigenvalue weighted by Gasteiger charge is 2.59. The lowest BCUT2D eigenvalue weighted by atomic mass is 9.45. The maximum atomic E-state index is 14.4.